The van der Waals surface area contributed by atoms with Crippen LogP contribution in [0.1, 0.15) is 11.1 Å². The number of methoxy groups -OCH3 is 1. The molecule has 5 heteroatoms. The molecular formula is C12H13BrN2O2. The third kappa shape index (κ3) is 1.91. The number of anilines is 1. The number of ether oxygens (including phenoxy) is 1. The Morgan fingerprint density at radius 3 is 2.94 bits per heavy atom. The lowest BCUT2D eigenvalue weighted by molar-refractivity contribution is -0.139. The Morgan fingerprint density at radius 1 is 1.59 bits per heavy atom. The van der Waals surface area contributed by atoms with Crippen LogP contribution in [0.5, 0.6) is 0 Å². The number of aromatic amines is 1. The zero-order valence-electron chi connectivity index (χ0n) is 9.63. The van der Waals surface area contributed by atoms with E-state index in [0.29, 0.717) is 5.69 Å². The summed E-state index contributed by atoms with van der Waals surface area (Å²) in [6.45, 7) is 1.90. The van der Waals surface area contributed by atoms with Crippen molar-refractivity contribution in [2.24, 2.45) is 0 Å². The molecule has 4 nitrogen and oxygen atoms in total. The monoisotopic (exact) mass is 296 g/mol. The van der Waals surface area contributed by atoms with Gasteiger partial charge in [-0.25, -0.2) is 0 Å². The maximum absolute atomic E-state index is 11.4. The van der Waals surface area contributed by atoms with Crippen LogP contribution in [0.4, 0.5) is 5.69 Å². The van der Waals surface area contributed by atoms with Crippen LogP contribution in [-0.4, -0.2) is 18.1 Å². The lowest BCUT2D eigenvalue weighted by Crippen LogP contribution is -2.08. The summed E-state index contributed by atoms with van der Waals surface area (Å²) in [5.41, 5.74) is 9.39. The van der Waals surface area contributed by atoms with Gasteiger partial charge >= 0.3 is 5.97 Å². The van der Waals surface area contributed by atoms with E-state index in [1.54, 1.807) is 0 Å². The second-order valence-corrected chi connectivity index (χ2v) is 4.64. The molecule has 1 aromatic carbocycles. The molecular weight excluding hydrogens is 284 g/mol. The molecule has 1 aromatic heterocycles. The van der Waals surface area contributed by atoms with E-state index in [1.807, 2.05) is 19.2 Å². The van der Waals surface area contributed by atoms with E-state index in [0.717, 1.165) is 26.5 Å². The zero-order chi connectivity index (χ0) is 12.6. The minimum Gasteiger partial charge on any atom is -0.469 e. The quantitative estimate of drug-likeness (QED) is 0.661. The Bertz CT molecular complexity index is 590. The van der Waals surface area contributed by atoms with E-state index >= 15 is 0 Å². The number of hydrogen-bond acceptors (Lipinski definition) is 3. The number of aromatic nitrogens is 1. The number of rotatable bonds is 2. The average Bonchev–Trinajstić information content (AvgIpc) is 2.80. The van der Waals surface area contributed by atoms with Gasteiger partial charge in [0.1, 0.15) is 0 Å². The Balaban J connectivity index is 2.65. The van der Waals surface area contributed by atoms with E-state index in [2.05, 4.69) is 25.7 Å². The predicted molar refractivity (Wildman–Crippen MR) is 70.9 cm³/mol. The van der Waals surface area contributed by atoms with Crippen molar-refractivity contribution in [2.75, 3.05) is 12.8 Å². The molecule has 0 fully saturated rings. The second kappa shape index (κ2) is 4.41. The Kier molecular flexibility index (Phi) is 3.11. The van der Waals surface area contributed by atoms with Gasteiger partial charge in [-0.15, -0.1) is 0 Å². The summed E-state index contributed by atoms with van der Waals surface area (Å²) in [6.07, 6.45) is 2.04. The van der Waals surface area contributed by atoms with Gasteiger partial charge in [0.05, 0.1) is 24.7 Å². The number of hydrogen-bond donors (Lipinski definition) is 2. The number of nitrogens with one attached hydrogen (secondary N) is 1. The van der Waals surface area contributed by atoms with Crippen molar-refractivity contribution in [3.05, 3.63) is 27.9 Å². The first kappa shape index (κ1) is 12.0. The van der Waals surface area contributed by atoms with E-state index in [4.69, 9.17) is 5.73 Å². The molecule has 2 aromatic rings. The van der Waals surface area contributed by atoms with Gasteiger partial charge in [0, 0.05) is 16.1 Å². The van der Waals surface area contributed by atoms with Crippen LogP contribution < -0.4 is 5.73 Å². The number of nitrogen functional groups attached to an aromatic ring is 1. The van der Waals surface area contributed by atoms with Gasteiger partial charge < -0.3 is 15.5 Å². The summed E-state index contributed by atoms with van der Waals surface area (Å²) in [5.74, 6) is -0.275. The van der Waals surface area contributed by atoms with Crippen LogP contribution in [0.15, 0.2) is 16.7 Å². The van der Waals surface area contributed by atoms with Crippen molar-refractivity contribution in [1.82, 2.24) is 4.98 Å². The Hall–Kier alpha value is -1.49. The van der Waals surface area contributed by atoms with Crippen LogP contribution in [0.2, 0.25) is 0 Å². The standard InChI is InChI=1S/C12H13BrN2O2/c1-6-8(5-9(16)17-2)10(13)7-3-4-15-12(7)11(6)14/h3-4,15H,5,14H2,1-2H3. The predicted octanol–water partition coefficient (Wildman–Crippen LogP) is 2.54. The minimum atomic E-state index is -0.275. The SMILES string of the molecule is COC(=O)Cc1c(C)c(N)c2[nH]ccc2c1Br. The van der Waals surface area contributed by atoms with Gasteiger partial charge in [0.25, 0.3) is 0 Å². The lowest BCUT2D eigenvalue weighted by atomic mass is 10.0. The second-order valence-electron chi connectivity index (χ2n) is 3.85. The van der Waals surface area contributed by atoms with Crippen molar-refractivity contribution in [2.45, 2.75) is 13.3 Å². The summed E-state index contributed by atoms with van der Waals surface area (Å²) in [4.78, 5) is 14.5. The maximum Gasteiger partial charge on any atom is 0.310 e. The molecule has 0 unspecified atom stereocenters. The van der Waals surface area contributed by atoms with Crippen LogP contribution in [0.3, 0.4) is 0 Å². The first-order valence-corrected chi connectivity index (χ1v) is 5.95. The third-order valence-electron chi connectivity index (χ3n) is 2.92. The molecule has 90 valence electrons. The minimum absolute atomic E-state index is 0.217. The Morgan fingerprint density at radius 2 is 2.29 bits per heavy atom. The number of fused-ring (bicyclic) bond motifs is 1. The normalized spacial score (nSPS) is 10.8. The van der Waals surface area contributed by atoms with Gasteiger partial charge in [-0.05, 0) is 40.0 Å². The van der Waals surface area contributed by atoms with Crippen molar-refractivity contribution in [3.8, 4) is 0 Å². The number of benzene rings is 1. The first-order chi connectivity index (χ1) is 8.06. The molecule has 2 rings (SSSR count). The first-order valence-electron chi connectivity index (χ1n) is 5.16. The molecule has 0 atom stereocenters. The average molecular weight is 297 g/mol. The molecule has 0 amide bonds. The highest BCUT2D eigenvalue weighted by atomic mass is 79.9. The largest absolute Gasteiger partial charge is 0.469 e. The summed E-state index contributed by atoms with van der Waals surface area (Å²) >= 11 is 3.52. The highest BCUT2D eigenvalue weighted by molar-refractivity contribution is 9.10. The number of nitrogens with two attached hydrogens (primary N) is 1. The Labute approximate surface area is 107 Å². The highest BCUT2D eigenvalue weighted by Gasteiger charge is 2.16. The van der Waals surface area contributed by atoms with Gasteiger partial charge in [0.15, 0.2) is 0 Å². The summed E-state index contributed by atoms with van der Waals surface area (Å²) in [5, 5.41) is 0.979. The van der Waals surface area contributed by atoms with E-state index < -0.39 is 0 Å². The molecule has 17 heavy (non-hydrogen) atoms. The van der Waals surface area contributed by atoms with Crippen LogP contribution in [0.25, 0.3) is 10.9 Å². The molecule has 0 aliphatic rings. The summed E-state index contributed by atoms with van der Waals surface area (Å²) < 4.78 is 5.58. The highest BCUT2D eigenvalue weighted by Crippen LogP contribution is 2.35. The van der Waals surface area contributed by atoms with Crippen LogP contribution in [0, 0.1) is 6.92 Å². The topological polar surface area (TPSA) is 68.1 Å². The van der Waals surface area contributed by atoms with Gasteiger partial charge in [0.2, 0.25) is 0 Å². The van der Waals surface area contributed by atoms with Crippen molar-refractivity contribution < 1.29 is 9.53 Å². The molecule has 0 aliphatic carbocycles. The fourth-order valence-electron chi connectivity index (χ4n) is 1.88. The number of halogens is 1. The number of carbonyl (C=O) groups excluding carboxylic acids is 1. The summed E-state index contributed by atoms with van der Waals surface area (Å²) in [6, 6.07) is 1.93. The van der Waals surface area contributed by atoms with Gasteiger partial charge in [-0.2, -0.15) is 0 Å². The fraction of sp³-hybridized carbons (Fsp3) is 0.250. The number of carbonyl (C=O) groups is 1. The van der Waals surface area contributed by atoms with Crippen LogP contribution in [-0.2, 0) is 16.0 Å². The molecule has 0 saturated heterocycles. The fourth-order valence-corrected chi connectivity index (χ4v) is 2.65. The van der Waals surface area contributed by atoms with E-state index in [9.17, 15) is 4.79 Å². The smallest absolute Gasteiger partial charge is 0.310 e. The lowest BCUT2D eigenvalue weighted by Gasteiger charge is -2.12. The maximum atomic E-state index is 11.4. The van der Waals surface area contributed by atoms with Gasteiger partial charge in [-0.3, -0.25) is 4.79 Å². The zero-order valence-corrected chi connectivity index (χ0v) is 11.2. The van der Waals surface area contributed by atoms with E-state index in [-0.39, 0.29) is 12.4 Å². The van der Waals surface area contributed by atoms with Crippen molar-refractivity contribution >= 4 is 38.5 Å². The third-order valence-corrected chi connectivity index (χ3v) is 3.83. The van der Waals surface area contributed by atoms with Crippen LogP contribution >= 0.6 is 15.9 Å². The van der Waals surface area contributed by atoms with E-state index in [1.165, 1.54) is 7.11 Å². The molecule has 1 heterocycles. The molecule has 0 radical (unpaired) electrons. The van der Waals surface area contributed by atoms with Gasteiger partial charge in [-0.1, -0.05) is 0 Å². The number of H-pyrrole nitrogens is 1. The van der Waals surface area contributed by atoms with Crippen molar-refractivity contribution in [3.63, 3.8) is 0 Å². The molecule has 0 aliphatic heterocycles. The number of esters is 1. The molecule has 0 saturated carbocycles. The molecule has 0 spiro atoms. The molecule has 3 N–H and O–H groups in total. The summed E-state index contributed by atoms with van der Waals surface area (Å²) in [7, 11) is 1.38. The van der Waals surface area contributed by atoms with Crippen molar-refractivity contribution in [1.29, 1.82) is 0 Å². The molecule has 0 bridgehead atoms.